The van der Waals surface area contributed by atoms with E-state index in [4.69, 9.17) is 15.9 Å². The molecular formula is C9H13NO5S. The predicted octanol–water partition coefficient (Wildman–Crippen LogP) is -0.269. The second-order valence-corrected chi connectivity index (χ2v) is 4.22. The number of carboxylic acids is 2. The normalized spacial score (nSPS) is 14.6. The van der Waals surface area contributed by atoms with Crippen LogP contribution in [0.25, 0.3) is 0 Å². The van der Waals surface area contributed by atoms with E-state index in [1.807, 2.05) is 0 Å². The first-order valence-corrected chi connectivity index (χ1v) is 5.55. The van der Waals surface area contributed by atoms with Crippen LogP contribution in [0.1, 0.15) is 6.92 Å². The molecule has 16 heavy (non-hydrogen) atoms. The summed E-state index contributed by atoms with van der Waals surface area (Å²) in [7, 11) is 0. The Morgan fingerprint density at radius 1 is 1.31 bits per heavy atom. The molecule has 6 nitrogen and oxygen atoms in total. The van der Waals surface area contributed by atoms with Crippen LogP contribution in [-0.2, 0) is 14.4 Å². The summed E-state index contributed by atoms with van der Waals surface area (Å²) >= 11 is 1.20. The van der Waals surface area contributed by atoms with Crippen LogP contribution in [0.3, 0.4) is 0 Å². The molecule has 0 rings (SSSR count). The number of ketones is 1. The van der Waals surface area contributed by atoms with Gasteiger partial charge in [-0.2, -0.15) is 11.8 Å². The second-order valence-electron chi connectivity index (χ2n) is 2.95. The SMILES string of the molecule is CCSCC(N)(C(=O)O)C(=O)C=CC(=O)O. The molecule has 0 aromatic rings. The zero-order chi connectivity index (χ0) is 12.8. The lowest BCUT2D eigenvalue weighted by atomic mass is 9.97. The van der Waals surface area contributed by atoms with E-state index in [1.54, 1.807) is 6.92 Å². The first-order chi connectivity index (χ1) is 7.34. The molecule has 0 saturated carbocycles. The first-order valence-electron chi connectivity index (χ1n) is 4.40. The fourth-order valence-corrected chi connectivity index (χ4v) is 1.59. The van der Waals surface area contributed by atoms with Crippen LogP contribution in [0.5, 0.6) is 0 Å². The van der Waals surface area contributed by atoms with Gasteiger partial charge in [0.15, 0.2) is 11.3 Å². The van der Waals surface area contributed by atoms with Gasteiger partial charge in [-0.25, -0.2) is 9.59 Å². The van der Waals surface area contributed by atoms with Crippen molar-refractivity contribution in [2.75, 3.05) is 11.5 Å². The quantitative estimate of drug-likeness (QED) is 0.418. The van der Waals surface area contributed by atoms with Crippen molar-refractivity contribution in [1.82, 2.24) is 0 Å². The van der Waals surface area contributed by atoms with E-state index in [2.05, 4.69) is 0 Å². The summed E-state index contributed by atoms with van der Waals surface area (Å²) in [5.41, 5.74) is 3.38. The molecule has 0 saturated heterocycles. The number of hydrogen-bond donors (Lipinski definition) is 3. The number of carbonyl (C=O) groups excluding carboxylic acids is 1. The fourth-order valence-electron chi connectivity index (χ4n) is 0.797. The van der Waals surface area contributed by atoms with Gasteiger partial charge in [-0.3, -0.25) is 4.79 Å². The molecule has 1 unspecified atom stereocenters. The second kappa shape index (κ2) is 6.29. The highest BCUT2D eigenvalue weighted by Crippen LogP contribution is 2.13. The third kappa shape index (κ3) is 4.03. The van der Waals surface area contributed by atoms with Crippen LogP contribution in [0.2, 0.25) is 0 Å². The summed E-state index contributed by atoms with van der Waals surface area (Å²) in [5.74, 6) is -3.20. The molecule has 4 N–H and O–H groups in total. The summed E-state index contributed by atoms with van der Waals surface area (Å²) in [5, 5.41) is 17.2. The van der Waals surface area contributed by atoms with Gasteiger partial charge < -0.3 is 15.9 Å². The lowest BCUT2D eigenvalue weighted by molar-refractivity contribution is -0.146. The Labute approximate surface area is 96.5 Å². The summed E-state index contributed by atoms with van der Waals surface area (Å²) in [6.07, 6.45) is 1.25. The predicted molar refractivity (Wildman–Crippen MR) is 59.3 cm³/mol. The van der Waals surface area contributed by atoms with E-state index in [0.29, 0.717) is 17.9 Å². The van der Waals surface area contributed by atoms with Crippen molar-refractivity contribution in [3.63, 3.8) is 0 Å². The van der Waals surface area contributed by atoms with Crippen LogP contribution in [-0.4, -0.2) is 45.0 Å². The lowest BCUT2D eigenvalue weighted by Crippen LogP contribution is -2.56. The monoisotopic (exact) mass is 247 g/mol. The van der Waals surface area contributed by atoms with Crippen LogP contribution in [0, 0.1) is 0 Å². The zero-order valence-electron chi connectivity index (χ0n) is 8.67. The Bertz CT molecular complexity index is 328. The van der Waals surface area contributed by atoms with Crippen LogP contribution < -0.4 is 5.73 Å². The average molecular weight is 247 g/mol. The summed E-state index contributed by atoms with van der Waals surface area (Å²) in [6, 6.07) is 0. The van der Waals surface area contributed by atoms with E-state index in [-0.39, 0.29) is 5.75 Å². The van der Waals surface area contributed by atoms with E-state index in [1.165, 1.54) is 11.8 Å². The smallest absolute Gasteiger partial charge is 0.332 e. The molecule has 0 bridgehead atoms. The summed E-state index contributed by atoms with van der Waals surface area (Å²) in [6.45, 7) is 1.80. The summed E-state index contributed by atoms with van der Waals surface area (Å²) < 4.78 is 0. The molecule has 0 fully saturated rings. The number of thioether (sulfide) groups is 1. The number of aliphatic carboxylic acids is 2. The first kappa shape index (κ1) is 14.7. The van der Waals surface area contributed by atoms with Gasteiger partial charge in [0.2, 0.25) is 0 Å². The van der Waals surface area contributed by atoms with Crippen LogP contribution in [0.4, 0.5) is 0 Å². The molecule has 7 heteroatoms. The molecule has 0 aromatic heterocycles. The molecule has 0 amide bonds. The molecule has 1 atom stereocenters. The van der Waals surface area contributed by atoms with Crippen molar-refractivity contribution in [3.8, 4) is 0 Å². The van der Waals surface area contributed by atoms with Gasteiger partial charge in [0.1, 0.15) is 0 Å². The fraction of sp³-hybridized carbons (Fsp3) is 0.444. The van der Waals surface area contributed by atoms with Crippen molar-refractivity contribution in [2.45, 2.75) is 12.5 Å². The van der Waals surface area contributed by atoms with Gasteiger partial charge in [-0.1, -0.05) is 6.92 Å². The minimum absolute atomic E-state index is 0.0956. The van der Waals surface area contributed by atoms with Crippen molar-refractivity contribution in [1.29, 1.82) is 0 Å². The average Bonchev–Trinajstić information content (AvgIpc) is 2.21. The van der Waals surface area contributed by atoms with Gasteiger partial charge in [0.25, 0.3) is 0 Å². The van der Waals surface area contributed by atoms with Crippen LogP contribution >= 0.6 is 11.8 Å². The number of carbonyl (C=O) groups is 3. The third-order valence-electron chi connectivity index (χ3n) is 1.73. The molecule has 0 aliphatic rings. The minimum atomic E-state index is -2.06. The number of hydrogen-bond acceptors (Lipinski definition) is 5. The lowest BCUT2D eigenvalue weighted by Gasteiger charge is -2.20. The highest BCUT2D eigenvalue weighted by Gasteiger charge is 2.40. The Morgan fingerprint density at radius 3 is 2.25 bits per heavy atom. The van der Waals surface area contributed by atoms with Crippen molar-refractivity contribution in [2.24, 2.45) is 5.73 Å². The van der Waals surface area contributed by atoms with Crippen molar-refractivity contribution < 1.29 is 24.6 Å². The zero-order valence-corrected chi connectivity index (χ0v) is 9.49. The Kier molecular flexibility index (Phi) is 5.76. The molecular weight excluding hydrogens is 234 g/mol. The number of rotatable bonds is 7. The van der Waals surface area contributed by atoms with Gasteiger partial charge in [-0.05, 0) is 11.8 Å². The van der Waals surface area contributed by atoms with Crippen LogP contribution in [0.15, 0.2) is 12.2 Å². The molecule has 0 aliphatic heterocycles. The van der Waals surface area contributed by atoms with E-state index < -0.39 is 23.3 Å². The highest BCUT2D eigenvalue weighted by atomic mass is 32.2. The molecule has 0 radical (unpaired) electrons. The molecule has 0 aromatic carbocycles. The molecule has 0 spiro atoms. The highest BCUT2D eigenvalue weighted by molar-refractivity contribution is 7.99. The Morgan fingerprint density at radius 2 is 1.88 bits per heavy atom. The van der Waals surface area contributed by atoms with E-state index in [0.717, 1.165) is 0 Å². The van der Waals surface area contributed by atoms with Gasteiger partial charge in [-0.15, -0.1) is 0 Å². The topological polar surface area (TPSA) is 118 Å². The van der Waals surface area contributed by atoms with E-state index >= 15 is 0 Å². The number of nitrogens with two attached hydrogens (primary N) is 1. The third-order valence-corrected chi connectivity index (χ3v) is 2.80. The largest absolute Gasteiger partial charge is 0.480 e. The molecule has 0 heterocycles. The maximum atomic E-state index is 11.4. The van der Waals surface area contributed by atoms with Crippen molar-refractivity contribution >= 4 is 29.5 Å². The standard InChI is InChI=1S/C9H13NO5S/c1-2-16-5-9(10,8(14)15)6(11)3-4-7(12)13/h3-4H,2,5,10H2,1H3,(H,12,13)(H,14,15). The molecule has 90 valence electrons. The van der Waals surface area contributed by atoms with Gasteiger partial charge in [0, 0.05) is 11.8 Å². The number of carboxylic acid groups (broad SMARTS) is 2. The maximum absolute atomic E-state index is 11.4. The van der Waals surface area contributed by atoms with Crippen molar-refractivity contribution in [3.05, 3.63) is 12.2 Å². The van der Waals surface area contributed by atoms with Gasteiger partial charge >= 0.3 is 11.9 Å². The maximum Gasteiger partial charge on any atom is 0.332 e. The van der Waals surface area contributed by atoms with E-state index in [9.17, 15) is 14.4 Å². The summed E-state index contributed by atoms with van der Waals surface area (Å²) in [4.78, 5) is 32.5. The molecule has 0 aliphatic carbocycles. The Hall–Kier alpha value is -1.34. The minimum Gasteiger partial charge on any atom is -0.480 e. The Balaban J connectivity index is 4.83. The van der Waals surface area contributed by atoms with Gasteiger partial charge in [0.05, 0.1) is 0 Å².